The molecule has 0 fully saturated rings. The summed E-state index contributed by atoms with van der Waals surface area (Å²) in [5.41, 5.74) is -0.100. The number of ether oxygens (including phenoxy) is 2. The van der Waals surface area contributed by atoms with Crippen LogP contribution in [0.25, 0.3) is 0 Å². The van der Waals surface area contributed by atoms with Crippen LogP contribution in [-0.4, -0.2) is 39.3 Å². The molecule has 1 aromatic carbocycles. The van der Waals surface area contributed by atoms with E-state index in [9.17, 15) is 9.18 Å². The second kappa shape index (κ2) is 8.03. The summed E-state index contributed by atoms with van der Waals surface area (Å²) in [7, 11) is -1.88. The first-order chi connectivity index (χ1) is 12.7. The number of benzene rings is 1. The third-order valence-corrected chi connectivity index (χ3v) is 9.83. The molecule has 0 saturated carbocycles. The van der Waals surface area contributed by atoms with Crippen molar-refractivity contribution in [2.24, 2.45) is 0 Å². The van der Waals surface area contributed by atoms with Crippen molar-refractivity contribution in [1.29, 1.82) is 0 Å². The first-order valence-corrected chi connectivity index (χ1v) is 12.7. The van der Waals surface area contributed by atoms with E-state index in [1.165, 1.54) is 12.1 Å². The van der Waals surface area contributed by atoms with Crippen molar-refractivity contribution in [3.8, 4) is 5.75 Å². The molecule has 1 heterocycles. The molecule has 0 bridgehead atoms. The highest BCUT2D eigenvalue weighted by Crippen LogP contribution is 2.38. The first kappa shape index (κ1) is 22.7. The summed E-state index contributed by atoms with van der Waals surface area (Å²) in [5, 5.41) is 0.116. The van der Waals surface area contributed by atoms with Crippen LogP contribution in [0.15, 0.2) is 18.2 Å². The van der Waals surface area contributed by atoms with Gasteiger partial charge in [-0.2, -0.15) is 0 Å². The van der Waals surface area contributed by atoms with Crippen LogP contribution in [0.2, 0.25) is 18.1 Å². The molecule has 5 nitrogen and oxygen atoms in total. The van der Waals surface area contributed by atoms with Gasteiger partial charge in [-0.15, -0.1) is 0 Å². The first-order valence-electron chi connectivity index (χ1n) is 9.80. The molecule has 0 aromatic heterocycles. The third-order valence-electron chi connectivity index (χ3n) is 5.29. The highest BCUT2D eigenvalue weighted by Gasteiger charge is 2.39. The molecule has 1 aromatic rings. The summed E-state index contributed by atoms with van der Waals surface area (Å²) in [5.74, 6) is -0.0463. The van der Waals surface area contributed by atoms with Crippen LogP contribution in [0.1, 0.15) is 48.0 Å². The van der Waals surface area contributed by atoms with E-state index in [4.69, 9.17) is 13.9 Å². The molecule has 1 atom stereocenters. The van der Waals surface area contributed by atoms with Crippen molar-refractivity contribution in [3.05, 3.63) is 24.0 Å². The molecule has 0 N–H and O–H groups in total. The second-order valence-electron chi connectivity index (χ2n) is 9.82. The zero-order valence-electron chi connectivity index (χ0n) is 18.4. The van der Waals surface area contributed by atoms with Crippen molar-refractivity contribution in [1.82, 2.24) is 0 Å². The average Bonchev–Trinajstić information content (AvgIpc) is 2.51. The van der Waals surface area contributed by atoms with Crippen LogP contribution in [-0.2, 0) is 9.16 Å². The lowest BCUT2D eigenvalue weighted by molar-refractivity contribution is 0.0536. The maximum absolute atomic E-state index is 13.6. The Balaban J connectivity index is 2.20. The Hall–Kier alpha value is -1.60. The van der Waals surface area contributed by atoms with E-state index >= 15 is 0 Å². The van der Waals surface area contributed by atoms with E-state index in [0.29, 0.717) is 24.5 Å². The Bertz CT molecular complexity index is 709. The van der Waals surface area contributed by atoms with Crippen molar-refractivity contribution in [2.45, 2.75) is 77.7 Å². The van der Waals surface area contributed by atoms with Crippen LogP contribution >= 0.6 is 0 Å². The van der Waals surface area contributed by atoms with Crippen molar-refractivity contribution in [3.63, 3.8) is 0 Å². The lowest BCUT2D eigenvalue weighted by Crippen LogP contribution is -2.50. The number of halogens is 1. The van der Waals surface area contributed by atoms with Gasteiger partial charge in [0.2, 0.25) is 0 Å². The Morgan fingerprint density at radius 2 is 1.89 bits per heavy atom. The Labute approximate surface area is 169 Å². The maximum Gasteiger partial charge on any atom is 0.415 e. The highest BCUT2D eigenvalue weighted by molar-refractivity contribution is 6.74. The lowest BCUT2D eigenvalue weighted by atomic mass is 10.1. The summed E-state index contributed by atoms with van der Waals surface area (Å²) in [6.45, 7) is 17.3. The second-order valence-corrected chi connectivity index (χ2v) is 14.6. The van der Waals surface area contributed by atoms with Crippen molar-refractivity contribution >= 4 is 20.1 Å². The fourth-order valence-corrected chi connectivity index (χ4v) is 3.76. The van der Waals surface area contributed by atoms with E-state index in [1.807, 2.05) is 20.8 Å². The molecule has 0 spiro atoms. The molecule has 28 heavy (non-hydrogen) atoms. The van der Waals surface area contributed by atoms with Crippen LogP contribution in [0.5, 0.6) is 5.75 Å². The van der Waals surface area contributed by atoms with Crippen LogP contribution in [0, 0.1) is 5.82 Å². The summed E-state index contributed by atoms with van der Waals surface area (Å²) in [6.07, 6.45) is 0.156. The predicted molar refractivity (Wildman–Crippen MR) is 112 cm³/mol. The standard InChI is InChI=1S/C21H34FNO4Si/c1-20(2,3)27-19(24)23-16(11-12-26-28(7,8)21(4,5)6)14-25-18-13-15(22)9-10-17(18)23/h9-10,13,16H,11-12,14H2,1-8H3/t16-/m0/s1. The van der Waals surface area contributed by atoms with Gasteiger partial charge in [-0.1, -0.05) is 20.8 Å². The molecule has 0 radical (unpaired) electrons. The zero-order chi connectivity index (χ0) is 21.3. The Morgan fingerprint density at radius 3 is 2.46 bits per heavy atom. The molecule has 7 heteroatoms. The average molecular weight is 412 g/mol. The van der Waals surface area contributed by atoms with Gasteiger partial charge in [-0.05, 0) is 57.5 Å². The summed E-state index contributed by atoms with van der Waals surface area (Å²) in [6, 6.07) is 3.95. The van der Waals surface area contributed by atoms with E-state index < -0.39 is 25.8 Å². The quantitative estimate of drug-likeness (QED) is 0.593. The number of nitrogens with zero attached hydrogens (tertiary/aromatic N) is 1. The van der Waals surface area contributed by atoms with Gasteiger partial charge in [0, 0.05) is 12.7 Å². The fraction of sp³-hybridized carbons (Fsp3) is 0.667. The molecule has 1 aliphatic heterocycles. The molecule has 0 saturated heterocycles. The smallest absolute Gasteiger partial charge is 0.415 e. The van der Waals surface area contributed by atoms with Gasteiger partial charge in [-0.3, -0.25) is 4.90 Å². The number of rotatable bonds is 4. The van der Waals surface area contributed by atoms with E-state index in [2.05, 4.69) is 33.9 Å². The zero-order valence-corrected chi connectivity index (χ0v) is 19.4. The number of carbonyl (C=O) groups is 1. The van der Waals surface area contributed by atoms with Crippen molar-refractivity contribution < 1.29 is 23.1 Å². The molecule has 1 aliphatic rings. The number of carbonyl (C=O) groups excluding carboxylic acids is 1. The van der Waals surface area contributed by atoms with Gasteiger partial charge in [-0.25, -0.2) is 9.18 Å². The Morgan fingerprint density at radius 1 is 1.25 bits per heavy atom. The summed E-state index contributed by atoms with van der Waals surface area (Å²) < 4.78 is 31.2. The van der Waals surface area contributed by atoms with Crippen molar-refractivity contribution in [2.75, 3.05) is 18.1 Å². The minimum atomic E-state index is -1.88. The van der Waals surface area contributed by atoms with E-state index in [-0.39, 0.29) is 17.7 Å². The monoisotopic (exact) mass is 411 g/mol. The number of amides is 1. The molecule has 158 valence electrons. The number of fused-ring (bicyclic) bond motifs is 1. The van der Waals surface area contributed by atoms with Gasteiger partial charge >= 0.3 is 6.09 Å². The number of hydrogen-bond donors (Lipinski definition) is 0. The maximum atomic E-state index is 13.6. The van der Waals surface area contributed by atoms with E-state index in [0.717, 1.165) is 0 Å². The van der Waals surface area contributed by atoms with Gasteiger partial charge in [0.15, 0.2) is 8.32 Å². The van der Waals surface area contributed by atoms with Crippen LogP contribution in [0.4, 0.5) is 14.9 Å². The third kappa shape index (κ3) is 5.47. The molecule has 2 rings (SSSR count). The SMILES string of the molecule is CC(C)(C)OC(=O)N1c2ccc(F)cc2OC[C@@H]1CCO[Si](C)(C)C(C)(C)C. The normalized spacial score (nSPS) is 17.8. The molecule has 1 amide bonds. The van der Waals surface area contributed by atoms with E-state index in [1.54, 1.807) is 11.0 Å². The molecular formula is C21H34FNO4Si. The number of anilines is 1. The Kier molecular flexibility index (Phi) is 6.50. The van der Waals surface area contributed by atoms with Crippen LogP contribution < -0.4 is 9.64 Å². The minimum Gasteiger partial charge on any atom is -0.489 e. The molecule has 0 aliphatic carbocycles. The predicted octanol–water partition coefficient (Wildman–Crippen LogP) is 5.74. The molecule has 0 unspecified atom stereocenters. The minimum absolute atomic E-state index is 0.116. The lowest BCUT2D eigenvalue weighted by Gasteiger charge is -2.39. The van der Waals surface area contributed by atoms with Gasteiger partial charge in [0.25, 0.3) is 0 Å². The number of hydrogen-bond acceptors (Lipinski definition) is 4. The summed E-state index contributed by atoms with van der Waals surface area (Å²) in [4.78, 5) is 14.5. The van der Waals surface area contributed by atoms with Crippen LogP contribution in [0.3, 0.4) is 0 Å². The van der Waals surface area contributed by atoms with Gasteiger partial charge < -0.3 is 13.9 Å². The van der Waals surface area contributed by atoms with Gasteiger partial charge in [0.05, 0.1) is 11.7 Å². The molecular weight excluding hydrogens is 377 g/mol. The van der Waals surface area contributed by atoms with Gasteiger partial charge in [0.1, 0.15) is 23.8 Å². The highest BCUT2D eigenvalue weighted by atomic mass is 28.4. The summed E-state index contributed by atoms with van der Waals surface area (Å²) >= 11 is 0. The topological polar surface area (TPSA) is 48.0 Å². The largest absolute Gasteiger partial charge is 0.489 e. The fourth-order valence-electron chi connectivity index (χ4n) is 2.70.